The molecular weight excluding hydrogens is 246 g/mol. The highest BCUT2D eigenvalue weighted by atomic mass is 32.1. The molecule has 0 atom stereocenters. The van der Waals surface area contributed by atoms with Crippen LogP contribution in [0.3, 0.4) is 0 Å². The first-order chi connectivity index (χ1) is 8.65. The van der Waals surface area contributed by atoms with Crippen LogP contribution in [0.2, 0.25) is 0 Å². The molecule has 1 aromatic carbocycles. The van der Waals surface area contributed by atoms with E-state index in [1.165, 1.54) is 11.5 Å². The zero-order valence-corrected chi connectivity index (χ0v) is 11.2. The maximum Gasteiger partial charge on any atom is 0.322 e. The van der Waals surface area contributed by atoms with Crippen LogP contribution in [-0.4, -0.2) is 22.4 Å². The molecule has 1 N–H and O–H groups in total. The van der Waals surface area contributed by atoms with Gasteiger partial charge in [0.2, 0.25) is 0 Å². The lowest BCUT2D eigenvalue weighted by atomic mass is 10.2. The minimum absolute atomic E-state index is 0.123. The van der Waals surface area contributed by atoms with Gasteiger partial charge in [-0.05, 0) is 30.1 Å². The van der Waals surface area contributed by atoms with Crippen molar-refractivity contribution in [3.05, 3.63) is 47.7 Å². The average Bonchev–Trinajstić information content (AvgIpc) is 2.76. The van der Waals surface area contributed by atoms with Gasteiger partial charge in [0.1, 0.15) is 5.00 Å². The van der Waals surface area contributed by atoms with Gasteiger partial charge in [-0.25, -0.2) is 4.79 Å². The summed E-state index contributed by atoms with van der Waals surface area (Å²) < 4.78 is 4.12. The Bertz CT molecular complexity index is 524. The van der Waals surface area contributed by atoms with E-state index in [4.69, 9.17) is 0 Å². The Hall–Kier alpha value is -1.88. The normalized spacial score (nSPS) is 10.1. The van der Waals surface area contributed by atoms with Gasteiger partial charge in [0, 0.05) is 13.6 Å². The molecule has 0 aliphatic heterocycles. The number of carbonyl (C=O) groups excluding carboxylic acids is 1. The maximum atomic E-state index is 11.9. The molecular formula is C13H15N3OS. The lowest BCUT2D eigenvalue weighted by Crippen LogP contribution is -2.30. The van der Waals surface area contributed by atoms with Gasteiger partial charge in [0.05, 0.1) is 5.69 Å². The highest BCUT2D eigenvalue weighted by Gasteiger charge is 2.10. The zero-order chi connectivity index (χ0) is 13.0. The Morgan fingerprint density at radius 1 is 1.39 bits per heavy atom. The van der Waals surface area contributed by atoms with Crippen LogP contribution in [0.25, 0.3) is 0 Å². The van der Waals surface area contributed by atoms with Gasteiger partial charge in [0.25, 0.3) is 0 Å². The minimum atomic E-state index is -0.123. The quantitative estimate of drug-likeness (QED) is 0.922. The molecule has 1 aromatic heterocycles. The third-order valence-corrected chi connectivity index (χ3v) is 3.26. The monoisotopic (exact) mass is 261 g/mol. The van der Waals surface area contributed by atoms with Gasteiger partial charge in [-0.3, -0.25) is 5.32 Å². The first-order valence-corrected chi connectivity index (χ1v) is 6.42. The summed E-state index contributed by atoms with van der Waals surface area (Å²) in [6.45, 7) is 2.49. The average molecular weight is 261 g/mol. The Kier molecular flexibility index (Phi) is 3.94. The Morgan fingerprint density at radius 2 is 2.11 bits per heavy atom. The van der Waals surface area contributed by atoms with E-state index in [1.54, 1.807) is 11.9 Å². The Morgan fingerprint density at radius 3 is 2.72 bits per heavy atom. The summed E-state index contributed by atoms with van der Waals surface area (Å²) in [5.41, 5.74) is 2.02. The molecule has 94 valence electrons. The van der Waals surface area contributed by atoms with Crippen molar-refractivity contribution in [2.75, 3.05) is 12.4 Å². The molecule has 0 aliphatic carbocycles. The summed E-state index contributed by atoms with van der Waals surface area (Å²) in [5, 5.41) is 3.60. The molecule has 0 spiro atoms. The van der Waals surface area contributed by atoms with Crippen LogP contribution in [0.15, 0.2) is 36.4 Å². The topological polar surface area (TPSA) is 45.2 Å². The van der Waals surface area contributed by atoms with Crippen molar-refractivity contribution in [2.24, 2.45) is 0 Å². The van der Waals surface area contributed by atoms with E-state index >= 15 is 0 Å². The van der Waals surface area contributed by atoms with Crippen LogP contribution in [0.5, 0.6) is 0 Å². The van der Waals surface area contributed by atoms with E-state index in [0.29, 0.717) is 6.54 Å². The standard InChI is InChI=1S/C13H15N3OS/c1-10-8-12(18-15-10)14-13(17)16(2)9-11-6-4-3-5-7-11/h3-8H,9H2,1-2H3,(H,14,17). The van der Waals surface area contributed by atoms with Gasteiger partial charge in [-0.2, -0.15) is 4.37 Å². The molecule has 1 heterocycles. The number of hydrogen-bond donors (Lipinski definition) is 1. The van der Waals surface area contributed by atoms with Crippen LogP contribution < -0.4 is 5.32 Å². The van der Waals surface area contributed by atoms with Gasteiger partial charge < -0.3 is 4.90 Å². The van der Waals surface area contributed by atoms with Crippen LogP contribution in [0.1, 0.15) is 11.3 Å². The van der Waals surface area contributed by atoms with E-state index < -0.39 is 0 Å². The Labute approximate surface area is 110 Å². The molecule has 0 aliphatic rings. The highest BCUT2D eigenvalue weighted by molar-refractivity contribution is 7.10. The molecule has 0 fully saturated rings. The van der Waals surface area contributed by atoms with Crippen molar-refractivity contribution in [1.82, 2.24) is 9.27 Å². The zero-order valence-electron chi connectivity index (χ0n) is 10.4. The van der Waals surface area contributed by atoms with E-state index in [1.807, 2.05) is 43.3 Å². The van der Waals surface area contributed by atoms with Crippen molar-refractivity contribution in [3.63, 3.8) is 0 Å². The van der Waals surface area contributed by atoms with Crippen LogP contribution in [0.4, 0.5) is 9.80 Å². The third kappa shape index (κ3) is 3.30. The van der Waals surface area contributed by atoms with Crippen molar-refractivity contribution in [3.8, 4) is 0 Å². The van der Waals surface area contributed by atoms with E-state index in [0.717, 1.165) is 16.3 Å². The predicted octanol–water partition coefficient (Wildman–Crippen LogP) is 3.12. The van der Waals surface area contributed by atoms with E-state index in [2.05, 4.69) is 9.69 Å². The number of aromatic nitrogens is 1. The molecule has 0 bridgehead atoms. The number of aryl methyl sites for hydroxylation is 1. The number of amides is 2. The smallest absolute Gasteiger partial charge is 0.322 e. The molecule has 0 unspecified atom stereocenters. The number of nitrogens with zero attached hydrogens (tertiary/aromatic N) is 2. The SMILES string of the molecule is Cc1cc(NC(=O)N(C)Cc2ccccc2)sn1. The molecule has 0 radical (unpaired) electrons. The molecule has 2 aromatic rings. The highest BCUT2D eigenvalue weighted by Crippen LogP contribution is 2.16. The van der Waals surface area contributed by atoms with Crippen LogP contribution in [0, 0.1) is 6.92 Å². The number of nitrogens with one attached hydrogen (secondary N) is 1. The second-order valence-electron chi connectivity index (χ2n) is 4.10. The third-order valence-electron chi connectivity index (χ3n) is 2.47. The number of carbonyl (C=O) groups is 1. The van der Waals surface area contributed by atoms with Gasteiger partial charge in [-0.1, -0.05) is 30.3 Å². The number of urea groups is 1. The summed E-state index contributed by atoms with van der Waals surface area (Å²) in [6.07, 6.45) is 0. The molecule has 5 heteroatoms. The number of hydrogen-bond acceptors (Lipinski definition) is 3. The minimum Gasteiger partial charge on any atom is -0.323 e. The summed E-state index contributed by atoms with van der Waals surface area (Å²) in [7, 11) is 1.77. The second kappa shape index (κ2) is 5.64. The van der Waals surface area contributed by atoms with Gasteiger partial charge in [0.15, 0.2) is 0 Å². The summed E-state index contributed by atoms with van der Waals surface area (Å²) in [5.74, 6) is 0. The van der Waals surface area contributed by atoms with Crippen LogP contribution in [-0.2, 0) is 6.54 Å². The van der Waals surface area contributed by atoms with Crippen molar-refractivity contribution >= 4 is 22.6 Å². The summed E-state index contributed by atoms with van der Waals surface area (Å²) in [6, 6.07) is 11.6. The van der Waals surface area contributed by atoms with Crippen molar-refractivity contribution < 1.29 is 4.79 Å². The molecule has 0 saturated heterocycles. The Balaban J connectivity index is 1.93. The fraction of sp³-hybridized carbons (Fsp3) is 0.231. The largest absolute Gasteiger partial charge is 0.323 e. The molecule has 0 saturated carbocycles. The lowest BCUT2D eigenvalue weighted by molar-refractivity contribution is 0.221. The predicted molar refractivity (Wildman–Crippen MR) is 73.8 cm³/mol. The molecule has 2 amide bonds. The first-order valence-electron chi connectivity index (χ1n) is 5.64. The maximum absolute atomic E-state index is 11.9. The second-order valence-corrected chi connectivity index (χ2v) is 4.91. The van der Waals surface area contributed by atoms with Crippen LogP contribution >= 0.6 is 11.5 Å². The number of benzene rings is 1. The number of anilines is 1. The molecule has 18 heavy (non-hydrogen) atoms. The first kappa shape index (κ1) is 12.6. The summed E-state index contributed by atoms with van der Waals surface area (Å²) >= 11 is 1.29. The fourth-order valence-electron chi connectivity index (χ4n) is 1.55. The van der Waals surface area contributed by atoms with E-state index in [-0.39, 0.29) is 6.03 Å². The van der Waals surface area contributed by atoms with Crippen molar-refractivity contribution in [2.45, 2.75) is 13.5 Å². The molecule has 2 rings (SSSR count). The lowest BCUT2D eigenvalue weighted by Gasteiger charge is -2.17. The van der Waals surface area contributed by atoms with Gasteiger partial charge in [-0.15, -0.1) is 0 Å². The van der Waals surface area contributed by atoms with E-state index in [9.17, 15) is 4.79 Å². The number of rotatable bonds is 3. The van der Waals surface area contributed by atoms with Crippen molar-refractivity contribution in [1.29, 1.82) is 0 Å². The summed E-state index contributed by atoms with van der Waals surface area (Å²) in [4.78, 5) is 13.6. The molecule has 4 nitrogen and oxygen atoms in total. The fourth-order valence-corrected chi connectivity index (χ4v) is 2.20. The van der Waals surface area contributed by atoms with Gasteiger partial charge >= 0.3 is 6.03 Å².